The highest BCUT2D eigenvalue weighted by atomic mass is 16.5. The number of hydrogen-bond donors (Lipinski definition) is 0. The summed E-state index contributed by atoms with van der Waals surface area (Å²) in [5.41, 5.74) is 4.13. The van der Waals surface area contributed by atoms with Crippen molar-refractivity contribution in [2.75, 3.05) is 14.2 Å². The van der Waals surface area contributed by atoms with Crippen LogP contribution >= 0.6 is 0 Å². The standard InChI is InChI=1S/C21H23NO4/c1-14-5-4-6-16-11-19(23)22(18(21(14)16)12-20(24)26-3)13-15-7-9-17(25-2)10-8-15/h4-10,18H,11-13H2,1-3H3. The second-order valence-electron chi connectivity index (χ2n) is 6.49. The molecule has 0 fully saturated rings. The van der Waals surface area contributed by atoms with E-state index in [1.165, 1.54) is 7.11 Å². The van der Waals surface area contributed by atoms with Crippen LogP contribution in [0.15, 0.2) is 42.5 Å². The van der Waals surface area contributed by atoms with Crippen molar-refractivity contribution in [1.82, 2.24) is 4.90 Å². The number of carbonyl (C=O) groups excluding carboxylic acids is 2. The third-order valence-corrected chi connectivity index (χ3v) is 4.89. The van der Waals surface area contributed by atoms with Crippen LogP contribution < -0.4 is 4.74 Å². The molecular weight excluding hydrogens is 330 g/mol. The zero-order valence-corrected chi connectivity index (χ0v) is 15.3. The summed E-state index contributed by atoms with van der Waals surface area (Å²) in [5.74, 6) is 0.470. The molecule has 0 saturated heterocycles. The zero-order chi connectivity index (χ0) is 18.7. The number of carbonyl (C=O) groups is 2. The van der Waals surface area contributed by atoms with Gasteiger partial charge in [0.1, 0.15) is 5.75 Å². The molecule has 2 aromatic rings. The average Bonchev–Trinajstić information content (AvgIpc) is 2.64. The maximum Gasteiger partial charge on any atom is 0.307 e. The zero-order valence-electron chi connectivity index (χ0n) is 15.3. The molecule has 0 N–H and O–H groups in total. The van der Waals surface area contributed by atoms with Crippen LogP contribution in [-0.2, 0) is 27.3 Å². The Labute approximate surface area is 153 Å². The highest BCUT2D eigenvalue weighted by Gasteiger charge is 2.35. The molecular formula is C21H23NO4. The molecule has 0 aromatic heterocycles. The number of esters is 1. The molecule has 0 aliphatic carbocycles. The topological polar surface area (TPSA) is 55.8 Å². The fourth-order valence-electron chi connectivity index (χ4n) is 3.55. The first-order valence-corrected chi connectivity index (χ1v) is 8.61. The average molecular weight is 353 g/mol. The molecule has 1 unspecified atom stereocenters. The van der Waals surface area contributed by atoms with E-state index in [-0.39, 0.29) is 24.3 Å². The highest BCUT2D eigenvalue weighted by Crippen LogP contribution is 2.36. The van der Waals surface area contributed by atoms with E-state index >= 15 is 0 Å². The molecule has 1 atom stereocenters. The molecule has 26 heavy (non-hydrogen) atoms. The summed E-state index contributed by atoms with van der Waals surface area (Å²) in [4.78, 5) is 26.6. The first kappa shape index (κ1) is 18.0. The van der Waals surface area contributed by atoms with E-state index < -0.39 is 0 Å². The van der Waals surface area contributed by atoms with Crippen LogP contribution in [0.2, 0.25) is 0 Å². The van der Waals surface area contributed by atoms with Gasteiger partial charge in [0.2, 0.25) is 5.91 Å². The Hall–Kier alpha value is -2.82. The molecule has 0 saturated carbocycles. The predicted octanol–water partition coefficient (Wildman–Crippen LogP) is 3.19. The molecule has 136 valence electrons. The van der Waals surface area contributed by atoms with Crippen molar-refractivity contribution in [3.05, 3.63) is 64.7 Å². The number of nitrogens with zero attached hydrogens (tertiary/aromatic N) is 1. The Morgan fingerprint density at radius 1 is 1.15 bits per heavy atom. The van der Waals surface area contributed by atoms with Gasteiger partial charge < -0.3 is 14.4 Å². The summed E-state index contributed by atoms with van der Waals surface area (Å²) in [6, 6.07) is 13.2. The maximum atomic E-state index is 12.8. The van der Waals surface area contributed by atoms with E-state index in [1.807, 2.05) is 49.4 Å². The van der Waals surface area contributed by atoms with E-state index in [0.29, 0.717) is 13.0 Å². The monoisotopic (exact) mass is 353 g/mol. The van der Waals surface area contributed by atoms with Gasteiger partial charge in [0, 0.05) is 6.54 Å². The summed E-state index contributed by atoms with van der Waals surface area (Å²) in [5, 5.41) is 0. The lowest BCUT2D eigenvalue weighted by atomic mass is 9.86. The summed E-state index contributed by atoms with van der Waals surface area (Å²) in [6.07, 6.45) is 0.501. The molecule has 3 rings (SSSR count). The van der Waals surface area contributed by atoms with Gasteiger partial charge in [-0.15, -0.1) is 0 Å². The van der Waals surface area contributed by atoms with Gasteiger partial charge in [-0.05, 0) is 41.3 Å². The van der Waals surface area contributed by atoms with E-state index in [2.05, 4.69) is 0 Å². The molecule has 0 bridgehead atoms. The van der Waals surface area contributed by atoms with E-state index in [9.17, 15) is 9.59 Å². The summed E-state index contributed by atoms with van der Waals surface area (Å²) in [7, 11) is 2.99. The number of rotatable bonds is 5. The van der Waals surface area contributed by atoms with Crippen LogP contribution in [0.4, 0.5) is 0 Å². The van der Waals surface area contributed by atoms with Crippen molar-refractivity contribution in [3.8, 4) is 5.75 Å². The third kappa shape index (κ3) is 3.57. The van der Waals surface area contributed by atoms with Gasteiger partial charge in [0.05, 0.1) is 33.1 Å². The van der Waals surface area contributed by atoms with E-state index in [1.54, 1.807) is 12.0 Å². The molecule has 1 aliphatic heterocycles. The number of hydrogen-bond acceptors (Lipinski definition) is 4. The van der Waals surface area contributed by atoms with E-state index in [0.717, 1.165) is 28.0 Å². The molecule has 0 spiro atoms. The Bertz CT molecular complexity index is 813. The lowest BCUT2D eigenvalue weighted by Gasteiger charge is -2.38. The molecule has 0 radical (unpaired) electrons. The summed E-state index contributed by atoms with van der Waals surface area (Å²) >= 11 is 0. The SMILES string of the molecule is COC(=O)CC1c2c(C)cccc2CC(=O)N1Cc1ccc(OC)cc1. The van der Waals surface area contributed by atoms with Crippen molar-refractivity contribution in [3.63, 3.8) is 0 Å². The Morgan fingerprint density at radius 2 is 1.88 bits per heavy atom. The fourth-order valence-corrected chi connectivity index (χ4v) is 3.55. The van der Waals surface area contributed by atoms with Crippen molar-refractivity contribution in [2.45, 2.75) is 32.4 Å². The predicted molar refractivity (Wildman–Crippen MR) is 97.8 cm³/mol. The van der Waals surface area contributed by atoms with Crippen LogP contribution in [0.25, 0.3) is 0 Å². The Kier molecular flexibility index (Phi) is 5.26. The van der Waals surface area contributed by atoms with Gasteiger partial charge in [-0.3, -0.25) is 9.59 Å². The number of aryl methyl sites for hydroxylation is 1. The quantitative estimate of drug-likeness (QED) is 0.775. The molecule has 5 nitrogen and oxygen atoms in total. The summed E-state index contributed by atoms with van der Waals surface area (Å²) in [6.45, 7) is 2.46. The number of fused-ring (bicyclic) bond motifs is 1. The van der Waals surface area contributed by atoms with Gasteiger partial charge in [-0.2, -0.15) is 0 Å². The maximum absolute atomic E-state index is 12.8. The minimum atomic E-state index is -0.321. The van der Waals surface area contributed by atoms with Crippen LogP contribution in [0.3, 0.4) is 0 Å². The smallest absolute Gasteiger partial charge is 0.307 e. The van der Waals surface area contributed by atoms with Crippen LogP contribution in [0.1, 0.15) is 34.7 Å². The van der Waals surface area contributed by atoms with Crippen LogP contribution in [0.5, 0.6) is 5.75 Å². The first-order valence-electron chi connectivity index (χ1n) is 8.61. The Morgan fingerprint density at radius 3 is 2.54 bits per heavy atom. The molecule has 1 amide bonds. The van der Waals surface area contributed by atoms with Gasteiger partial charge in [-0.25, -0.2) is 0 Å². The van der Waals surface area contributed by atoms with Gasteiger partial charge >= 0.3 is 5.97 Å². The largest absolute Gasteiger partial charge is 0.497 e. The lowest BCUT2D eigenvalue weighted by molar-refractivity contribution is -0.144. The lowest BCUT2D eigenvalue weighted by Crippen LogP contribution is -2.41. The highest BCUT2D eigenvalue weighted by molar-refractivity contribution is 5.83. The van der Waals surface area contributed by atoms with Crippen molar-refractivity contribution in [1.29, 1.82) is 0 Å². The minimum Gasteiger partial charge on any atom is -0.497 e. The molecule has 1 heterocycles. The molecule has 2 aromatic carbocycles. The second-order valence-corrected chi connectivity index (χ2v) is 6.49. The second kappa shape index (κ2) is 7.60. The number of methoxy groups -OCH3 is 2. The van der Waals surface area contributed by atoms with Crippen molar-refractivity contribution >= 4 is 11.9 Å². The van der Waals surface area contributed by atoms with Gasteiger partial charge in [-0.1, -0.05) is 30.3 Å². The number of ether oxygens (including phenoxy) is 2. The van der Waals surface area contributed by atoms with Gasteiger partial charge in [0.15, 0.2) is 0 Å². The summed E-state index contributed by atoms with van der Waals surface area (Å²) < 4.78 is 10.1. The molecule has 1 aliphatic rings. The number of amides is 1. The number of benzene rings is 2. The minimum absolute atomic E-state index is 0.0211. The van der Waals surface area contributed by atoms with Crippen LogP contribution in [-0.4, -0.2) is 31.0 Å². The fraction of sp³-hybridized carbons (Fsp3) is 0.333. The first-order chi connectivity index (χ1) is 12.5. The van der Waals surface area contributed by atoms with Crippen LogP contribution in [0, 0.1) is 6.92 Å². The van der Waals surface area contributed by atoms with Gasteiger partial charge in [0.25, 0.3) is 0 Å². The Balaban J connectivity index is 1.96. The third-order valence-electron chi connectivity index (χ3n) is 4.89. The van der Waals surface area contributed by atoms with Crippen molar-refractivity contribution < 1.29 is 19.1 Å². The normalized spacial score (nSPS) is 16.2. The molecule has 5 heteroatoms. The van der Waals surface area contributed by atoms with E-state index in [4.69, 9.17) is 9.47 Å². The van der Waals surface area contributed by atoms with Crippen molar-refractivity contribution in [2.24, 2.45) is 0 Å².